The quantitative estimate of drug-likeness (QED) is 0.623. The highest BCUT2D eigenvalue weighted by molar-refractivity contribution is 5.97. The van der Waals surface area contributed by atoms with Gasteiger partial charge >= 0.3 is 0 Å². The second kappa shape index (κ2) is 8.55. The second-order valence-electron chi connectivity index (χ2n) is 5.65. The second-order valence-corrected chi connectivity index (χ2v) is 5.65. The SMILES string of the molecule is COc1ccc(C(C)NC(=O)/C(C#N)=C\Nc2cccc(C)c2)cc1. The number of methoxy groups -OCH3 is 1. The van der Waals surface area contributed by atoms with Gasteiger partial charge in [-0.15, -0.1) is 0 Å². The third-order valence-electron chi connectivity index (χ3n) is 3.73. The zero-order valence-electron chi connectivity index (χ0n) is 14.5. The molecule has 1 atom stereocenters. The van der Waals surface area contributed by atoms with E-state index in [2.05, 4.69) is 10.6 Å². The van der Waals surface area contributed by atoms with Gasteiger partial charge in [0.2, 0.25) is 0 Å². The monoisotopic (exact) mass is 335 g/mol. The van der Waals surface area contributed by atoms with Crippen molar-refractivity contribution in [3.05, 3.63) is 71.4 Å². The average Bonchev–Trinajstić information content (AvgIpc) is 2.62. The van der Waals surface area contributed by atoms with E-state index in [4.69, 9.17) is 4.74 Å². The molecule has 1 unspecified atom stereocenters. The summed E-state index contributed by atoms with van der Waals surface area (Å²) in [5.74, 6) is 0.327. The van der Waals surface area contributed by atoms with E-state index in [-0.39, 0.29) is 11.6 Å². The first-order valence-electron chi connectivity index (χ1n) is 7.91. The number of amides is 1. The summed E-state index contributed by atoms with van der Waals surface area (Å²) in [5.41, 5.74) is 2.86. The van der Waals surface area contributed by atoms with Crippen molar-refractivity contribution < 1.29 is 9.53 Å². The number of rotatable bonds is 6. The smallest absolute Gasteiger partial charge is 0.263 e. The molecule has 0 saturated heterocycles. The molecular weight excluding hydrogens is 314 g/mol. The van der Waals surface area contributed by atoms with Crippen molar-refractivity contribution in [2.24, 2.45) is 0 Å². The largest absolute Gasteiger partial charge is 0.497 e. The lowest BCUT2D eigenvalue weighted by molar-refractivity contribution is -0.117. The van der Waals surface area contributed by atoms with Gasteiger partial charge in [-0.05, 0) is 49.2 Å². The van der Waals surface area contributed by atoms with Gasteiger partial charge in [-0.3, -0.25) is 4.79 Å². The minimum Gasteiger partial charge on any atom is -0.497 e. The van der Waals surface area contributed by atoms with Crippen LogP contribution in [-0.2, 0) is 4.79 Å². The number of aryl methyl sites for hydroxylation is 1. The lowest BCUT2D eigenvalue weighted by atomic mass is 10.1. The van der Waals surface area contributed by atoms with Crippen molar-refractivity contribution in [1.29, 1.82) is 5.26 Å². The molecule has 0 bridgehead atoms. The molecular formula is C20H21N3O2. The summed E-state index contributed by atoms with van der Waals surface area (Å²) in [6, 6.07) is 16.8. The van der Waals surface area contributed by atoms with E-state index >= 15 is 0 Å². The highest BCUT2D eigenvalue weighted by Gasteiger charge is 2.13. The Morgan fingerprint density at radius 2 is 1.96 bits per heavy atom. The van der Waals surface area contributed by atoms with Gasteiger partial charge in [-0.1, -0.05) is 24.3 Å². The first kappa shape index (κ1) is 18.1. The van der Waals surface area contributed by atoms with Gasteiger partial charge in [0, 0.05) is 11.9 Å². The molecule has 0 aromatic heterocycles. The Morgan fingerprint density at radius 1 is 1.24 bits per heavy atom. The van der Waals surface area contributed by atoms with Crippen LogP contribution in [0.3, 0.4) is 0 Å². The maximum absolute atomic E-state index is 12.3. The number of anilines is 1. The summed E-state index contributed by atoms with van der Waals surface area (Å²) in [4.78, 5) is 12.3. The molecule has 2 N–H and O–H groups in total. The number of hydrogen-bond donors (Lipinski definition) is 2. The van der Waals surface area contributed by atoms with Gasteiger partial charge in [0.05, 0.1) is 13.2 Å². The normalized spacial score (nSPS) is 12.0. The van der Waals surface area contributed by atoms with E-state index in [0.29, 0.717) is 0 Å². The van der Waals surface area contributed by atoms with Crippen LogP contribution in [0.5, 0.6) is 5.75 Å². The Morgan fingerprint density at radius 3 is 2.56 bits per heavy atom. The van der Waals surface area contributed by atoms with E-state index < -0.39 is 5.91 Å². The van der Waals surface area contributed by atoms with Crippen LogP contribution in [0.2, 0.25) is 0 Å². The first-order chi connectivity index (χ1) is 12.0. The van der Waals surface area contributed by atoms with Crippen LogP contribution in [-0.4, -0.2) is 13.0 Å². The lowest BCUT2D eigenvalue weighted by Gasteiger charge is -2.14. The highest BCUT2D eigenvalue weighted by Crippen LogP contribution is 2.17. The van der Waals surface area contributed by atoms with Gasteiger partial charge in [-0.25, -0.2) is 0 Å². The first-order valence-corrected chi connectivity index (χ1v) is 7.91. The summed E-state index contributed by atoms with van der Waals surface area (Å²) in [5, 5.41) is 15.1. The minimum absolute atomic E-state index is 0.0156. The standard InChI is InChI=1S/C20H21N3O2/c1-14-5-4-6-18(11-14)22-13-17(12-21)20(24)23-15(2)16-7-9-19(25-3)10-8-16/h4-11,13,15,22H,1-3H3,(H,23,24)/b17-13-. The van der Waals surface area contributed by atoms with E-state index in [9.17, 15) is 10.1 Å². The van der Waals surface area contributed by atoms with Gasteiger partial charge in [0.1, 0.15) is 17.4 Å². The van der Waals surface area contributed by atoms with Crippen molar-refractivity contribution in [3.8, 4) is 11.8 Å². The van der Waals surface area contributed by atoms with E-state index in [1.165, 1.54) is 6.20 Å². The summed E-state index contributed by atoms with van der Waals surface area (Å²) in [7, 11) is 1.60. The molecule has 1 amide bonds. The molecule has 2 aromatic rings. The molecule has 25 heavy (non-hydrogen) atoms. The third kappa shape index (κ3) is 5.11. The fourth-order valence-corrected chi connectivity index (χ4v) is 2.29. The number of nitriles is 1. The maximum atomic E-state index is 12.3. The molecule has 0 saturated carbocycles. The Bertz CT molecular complexity index is 804. The van der Waals surface area contributed by atoms with Gasteiger partial charge in [0.15, 0.2) is 0 Å². The zero-order valence-corrected chi connectivity index (χ0v) is 14.5. The molecule has 2 aromatic carbocycles. The Labute approximate surface area is 147 Å². The van der Waals surface area contributed by atoms with Gasteiger partial charge in [0.25, 0.3) is 5.91 Å². The minimum atomic E-state index is -0.425. The summed E-state index contributed by atoms with van der Waals surface area (Å²) in [6.07, 6.45) is 1.42. The summed E-state index contributed by atoms with van der Waals surface area (Å²) in [6.45, 7) is 3.84. The molecule has 0 aliphatic rings. The number of carbonyl (C=O) groups excluding carboxylic acids is 1. The molecule has 5 nitrogen and oxygen atoms in total. The van der Waals surface area contributed by atoms with Crippen LogP contribution >= 0.6 is 0 Å². The summed E-state index contributed by atoms with van der Waals surface area (Å²) < 4.78 is 5.12. The average molecular weight is 335 g/mol. The molecule has 0 spiro atoms. The van der Waals surface area contributed by atoms with Crippen molar-refractivity contribution in [3.63, 3.8) is 0 Å². The van der Waals surface area contributed by atoms with Gasteiger partial charge in [-0.2, -0.15) is 5.26 Å². The van der Waals surface area contributed by atoms with Crippen molar-refractivity contribution >= 4 is 11.6 Å². The van der Waals surface area contributed by atoms with Gasteiger partial charge < -0.3 is 15.4 Å². The Balaban J connectivity index is 2.03. The molecule has 0 aliphatic heterocycles. The van der Waals surface area contributed by atoms with Crippen LogP contribution in [0.1, 0.15) is 24.1 Å². The molecule has 2 rings (SSSR count). The molecule has 0 radical (unpaired) electrons. The van der Waals surface area contributed by atoms with Crippen molar-refractivity contribution in [1.82, 2.24) is 5.32 Å². The molecule has 5 heteroatoms. The fraction of sp³-hybridized carbons (Fsp3) is 0.200. The third-order valence-corrected chi connectivity index (χ3v) is 3.73. The van der Waals surface area contributed by atoms with Crippen LogP contribution < -0.4 is 15.4 Å². The van der Waals surface area contributed by atoms with Crippen LogP contribution in [0.15, 0.2) is 60.3 Å². The summed E-state index contributed by atoms with van der Waals surface area (Å²) >= 11 is 0. The topological polar surface area (TPSA) is 74.1 Å². The number of benzene rings is 2. The van der Waals surface area contributed by atoms with Crippen molar-refractivity contribution in [2.45, 2.75) is 19.9 Å². The molecule has 0 fully saturated rings. The maximum Gasteiger partial charge on any atom is 0.263 e. The van der Waals surface area contributed by atoms with Crippen LogP contribution in [0.4, 0.5) is 5.69 Å². The predicted octanol–water partition coefficient (Wildman–Crippen LogP) is 3.70. The van der Waals surface area contributed by atoms with Crippen LogP contribution in [0.25, 0.3) is 0 Å². The Kier molecular flexibility index (Phi) is 6.19. The number of nitrogens with zero attached hydrogens (tertiary/aromatic N) is 1. The van der Waals surface area contributed by atoms with E-state index in [1.54, 1.807) is 7.11 Å². The molecule has 0 aliphatic carbocycles. The van der Waals surface area contributed by atoms with E-state index in [0.717, 1.165) is 22.6 Å². The number of carbonyl (C=O) groups is 1. The van der Waals surface area contributed by atoms with Crippen molar-refractivity contribution in [2.75, 3.05) is 12.4 Å². The molecule has 128 valence electrons. The molecule has 0 heterocycles. The van der Waals surface area contributed by atoms with Crippen LogP contribution in [0, 0.1) is 18.3 Å². The lowest BCUT2D eigenvalue weighted by Crippen LogP contribution is -2.28. The van der Waals surface area contributed by atoms with E-state index in [1.807, 2.05) is 68.4 Å². The zero-order chi connectivity index (χ0) is 18.2. The Hall–Kier alpha value is -3.26. The number of ether oxygens (including phenoxy) is 1. The highest BCUT2D eigenvalue weighted by atomic mass is 16.5. The fourth-order valence-electron chi connectivity index (χ4n) is 2.29. The number of nitrogens with one attached hydrogen (secondary N) is 2. The number of hydrogen-bond acceptors (Lipinski definition) is 4. The predicted molar refractivity (Wildman–Crippen MR) is 98.0 cm³/mol.